The normalized spacial score (nSPS) is 50.6. The van der Waals surface area contributed by atoms with Crippen molar-refractivity contribution < 1.29 is 9.90 Å². The third-order valence-corrected chi connectivity index (χ3v) is 10.0. The zero-order valence-electron chi connectivity index (χ0n) is 17.3. The lowest BCUT2D eigenvalue weighted by Gasteiger charge is -2.61. The first-order chi connectivity index (χ1) is 12.9. The molecular formula is C25H37O2. The van der Waals surface area contributed by atoms with Crippen molar-refractivity contribution in [3.8, 4) is 0 Å². The Morgan fingerprint density at radius 1 is 0.963 bits per heavy atom. The highest BCUT2D eigenvalue weighted by molar-refractivity contribution is 5.92. The van der Waals surface area contributed by atoms with E-state index in [9.17, 15) is 9.90 Å². The van der Waals surface area contributed by atoms with Crippen molar-refractivity contribution in [2.75, 3.05) is 0 Å². The smallest absolute Gasteiger partial charge is 0.155 e. The summed E-state index contributed by atoms with van der Waals surface area (Å²) in [4.78, 5) is 12.6. The van der Waals surface area contributed by atoms with Crippen molar-refractivity contribution in [1.29, 1.82) is 0 Å². The van der Waals surface area contributed by atoms with E-state index in [1.54, 1.807) is 5.92 Å². The number of ketones is 1. The molecule has 4 fully saturated rings. The second-order valence-corrected chi connectivity index (χ2v) is 10.9. The van der Waals surface area contributed by atoms with E-state index in [0.717, 1.165) is 25.2 Å². The van der Waals surface area contributed by atoms with Crippen LogP contribution in [-0.4, -0.2) is 17.0 Å². The molecule has 1 N–H and O–H groups in total. The first-order valence-corrected chi connectivity index (χ1v) is 11.7. The molecule has 0 bridgehead atoms. The van der Waals surface area contributed by atoms with E-state index in [1.165, 1.54) is 63.4 Å². The largest absolute Gasteiger partial charge is 0.393 e. The van der Waals surface area contributed by atoms with E-state index in [4.69, 9.17) is 0 Å². The lowest BCUT2D eigenvalue weighted by molar-refractivity contribution is -0.121. The van der Waals surface area contributed by atoms with E-state index in [1.807, 2.05) is 0 Å². The van der Waals surface area contributed by atoms with Crippen molar-refractivity contribution in [1.82, 2.24) is 0 Å². The van der Waals surface area contributed by atoms with Gasteiger partial charge in [-0.3, -0.25) is 4.79 Å². The first-order valence-electron chi connectivity index (χ1n) is 11.7. The fraction of sp³-hybridized carbons (Fsp3) is 0.840. The zero-order chi connectivity index (χ0) is 18.8. The second kappa shape index (κ2) is 6.44. The number of carbonyl (C=O) groups excluding carboxylic acids is 1. The number of carbonyl (C=O) groups is 1. The minimum Gasteiger partial charge on any atom is -0.393 e. The summed E-state index contributed by atoms with van der Waals surface area (Å²) in [5.74, 6) is 4.77. The predicted octanol–water partition coefficient (Wildman–Crippen LogP) is 5.64. The summed E-state index contributed by atoms with van der Waals surface area (Å²) in [6.45, 7) is 4.92. The summed E-state index contributed by atoms with van der Waals surface area (Å²) in [5, 5.41) is 10.7. The molecule has 5 rings (SSSR count). The first kappa shape index (κ1) is 18.4. The minimum absolute atomic E-state index is 0.0929. The maximum Gasteiger partial charge on any atom is 0.155 e. The predicted molar refractivity (Wildman–Crippen MR) is 108 cm³/mol. The molecule has 0 aromatic carbocycles. The molecule has 4 saturated carbocycles. The van der Waals surface area contributed by atoms with E-state index in [-0.39, 0.29) is 16.9 Å². The minimum atomic E-state index is -0.0929. The summed E-state index contributed by atoms with van der Waals surface area (Å²) in [7, 11) is 0. The summed E-state index contributed by atoms with van der Waals surface area (Å²) < 4.78 is 0. The van der Waals surface area contributed by atoms with Gasteiger partial charge in [0.25, 0.3) is 0 Å². The quantitative estimate of drug-likeness (QED) is 0.649. The summed E-state index contributed by atoms with van der Waals surface area (Å²) >= 11 is 0. The highest BCUT2D eigenvalue weighted by Crippen LogP contribution is 2.67. The third kappa shape index (κ3) is 2.57. The van der Waals surface area contributed by atoms with Crippen LogP contribution >= 0.6 is 0 Å². The third-order valence-electron chi connectivity index (χ3n) is 10.0. The number of hydrogen-bond donors (Lipinski definition) is 1. The maximum atomic E-state index is 12.6. The van der Waals surface area contributed by atoms with E-state index >= 15 is 0 Å². The number of rotatable bonds is 1. The van der Waals surface area contributed by atoms with Gasteiger partial charge in [-0.25, -0.2) is 0 Å². The average molecular weight is 370 g/mol. The van der Waals surface area contributed by atoms with Crippen LogP contribution in [-0.2, 0) is 4.79 Å². The monoisotopic (exact) mass is 369 g/mol. The van der Waals surface area contributed by atoms with Gasteiger partial charge in [-0.05, 0) is 97.9 Å². The molecule has 0 spiro atoms. The Balaban J connectivity index is 1.52. The van der Waals surface area contributed by atoms with Gasteiger partial charge >= 0.3 is 0 Å². The molecule has 0 aromatic rings. The lowest BCUT2D eigenvalue weighted by Crippen LogP contribution is -2.55. The number of fused-ring (bicyclic) bond motifs is 5. The summed E-state index contributed by atoms with van der Waals surface area (Å²) in [6, 6.07) is 0. The van der Waals surface area contributed by atoms with Gasteiger partial charge in [-0.15, -0.1) is 0 Å². The fourth-order valence-electron chi connectivity index (χ4n) is 8.54. The molecule has 0 heterocycles. The number of hydrogen-bond acceptors (Lipinski definition) is 2. The van der Waals surface area contributed by atoms with E-state index < -0.39 is 0 Å². The molecular weight excluding hydrogens is 332 g/mol. The van der Waals surface area contributed by atoms with Gasteiger partial charge in [0.1, 0.15) is 0 Å². The lowest BCUT2D eigenvalue weighted by atomic mass is 9.43. The van der Waals surface area contributed by atoms with Crippen molar-refractivity contribution in [3.63, 3.8) is 0 Å². The molecule has 5 aliphatic carbocycles. The van der Waals surface area contributed by atoms with Gasteiger partial charge in [-0.1, -0.05) is 38.7 Å². The second-order valence-electron chi connectivity index (χ2n) is 10.9. The molecule has 5 aliphatic rings. The molecule has 7 atom stereocenters. The van der Waals surface area contributed by atoms with Gasteiger partial charge in [0.15, 0.2) is 5.78 Å². The zero-order valence-corrected chi connectivity index (χ0v) is 17.3. The fourth-order valence-corrected chi connectivity index (χ4v) is 8.54. The molecule has 2 nitrogen and oxygen atoms in total. The molecule has 0 amide bonds. The Kier molecular flexibility index (Phi) is 4.39. The molecule has 0 aliphatic heterocycles. The van der Waals surface area contributed by atoms with Gasteiger partial charge in [0.05, 0.1) is 6.10 Å². The van der Waals surface area contributed by atoms with E-state index in [0.29, 0.717) is 23.5 Å². The van der Waals surface area contributed by atoms with Crippen LogP contribution in [0.1, 0.15) is 90.9 Å². The molecule has 0 saturated heterocycles. The molecule has 0 aromatic heterocycles. The Labute approximate surface area is 165 Å². The van der Waals surface area contributed by atoms with Crippen LogP contribution in [0.2, 0.25) is 0 Å². The summed E-state index contributed by atoms with van der Waals surface area (Å²) in [5.41, 5.74) is 1.85. The van der Waals surface area contributed by atoms with Crippen LogP contribution in [0, 0.1) is 40.4 Å². The van der Waals surface area contributed by atoms with Crippen molar-refractivity contribution >= 4 is 5.78 Å². The Bertz CT molecular complexity index is 645. The van der Waals surface area contributed by atoms with Crippen LogP contribution in [0.5, 0.6) is 0 Å². The van der Waals surface area contributed by atoms with Crippen molar-refractivity contribution in [3.05, 3.63) is 17.6 Å². The summed E-state index contributed by atoms with van der Waals surface area (Å²) in [6.07, 6.45) is 16.3. The van der Waals surface area contributed by atoms with Gasteiger partial charge in [0, 0.05) is 6.42 Å². The standard InChI is InChI=1S/C25H37O2/c1-24-13-12-21-19(20(24)10-11-23(24)27)9-8-17-14-18(26)15-22(25(17,21)2)16-6-4-3-5-7-16/h14,19-23,27H,3-13,15H2,1-2H3/t19-,20-,21-,22?,23-,24-,25-/m0/s1. The van der Waals surface area contributed by atoms with Crippen molar-refractivity contribution in [2.45, 2.75) is 97.0 Å². The van der Waals surface area contributed by atoms with Crippen LogP contribution < -0.4 is 0 Å². The number of aliphatic hydroxyl groups excluding tert-OH is 1. The Morgan fingerprint density at radius 3 is 2.52 bits per heavy atom. The SMILES string of the molecule is C[C@]12CC[C@H]3[C@@H](CCC4=CC(=O)CC([C]5CCCCC5)[C@@]43C)[C@@H]1CC[C@@H]2O. The van der Waals surface area contributed by atoms with Gasteiger partial charge in [-0.2, -0.15) is 0 Å². The molecule has 149 valence electrons. The van der Waals surface area contributed by atoms with Crippen LogP contribution in [0.25, 0.3) is 0 Å². The number of allylic oxidation sites excluding steroid dienone is 1. The highest BCUT2D eigenvalue weighted by Gasteiger charge is 2.61. The van der Waals surface area contributed by atoms with Gasteiger partial charge < -0.3 is 5.11 Å². The van der Waals surface area contributed by atoms with Crippen molar-refractivity contribution in [2.24, 2.45) is 34.5 Å². The maximum absolute atomic E-state index is 12.6. The van der Waals surface area contributed by atoms with Crippen LogP contribution in [0.4, 0.5) is 0 Å². The molecule has 1 unspecified atom stereocenters. The molecule has 2 heteroatoms. The average Bonchev–Trinajstić information content (AvgIpc) is 2.97. The highest BCUT2D eigenvalue weighted by atomic mass is 16.3. The van der Waals surface area contributed by atoms with Gasteiger partial charge in [0.2, 0.25) is 0 Å². The van der Waals surface area contributed by atoms with Crippen LogP contribution in [0.15, 0.2) is 11.6 Å². The Hall–Kier alpha value is -0.630. The Morgan fingerprint density at radius 2 is 1.74 bits per heavy atom. The number of aliphatic hydroxyl groups is 1. The van der Waals surface area contributed by atoms with Crippen LogP contribution in [0.3, 0.4) is 0 Å². The molecule has 1 radical (unpaired) electrons. The topological polar surface area (TPSA) is 37.3 Å². The van der Waals surface area contributed by atoms with E-state index in [2.05, 4.69) is 19.9 Å². The molecule has 27 heavy (non-hydrogen) atoms.